The minimum absolute atomic E-state index is 0.0858. The summed E-state index contributed by atoms with van der Waals surface area (Å²) >= 11 is 0. The van der Waals surface area contributed by atoms with E-state index in [4.69, 9.17) is 4.74 Å². The highest BCUT2D eigenvalue weighted by atomic mass is 16.5. The van der Waals surface area contributed by atoms with Gasteiger partial charge in [0, 0.05) is 26.7 Å². The third kappa shape index (κ3) is 2.32. The van der Waals surface area contributed by atoms with Gasteiger partial charge in [0.1, 0.15) is 0 Å². The lowest BCUT2D eigenvalue weighted by Gasteiger charge is -2.38. The van der Waals surface area contributed by atoms with Crippen LogP contribution in [0, 0.1) is 0 Å². The average Bonchev–Trinajstić information content (AvgIpc) is 2.86. The molecule has 0 aromatic carbocycles. The monoisotopic (exact) mass is 297 g/mol. The minimum atomic E-state index is -0.585. The molecule has 2 N–H and O–H groups in total. The number of aliphatic imine (C=N–C) groups is 1. The number of morpholine rings is 1. The highest BCUT2D eigenvalue weighted by Gasteiger charge is 2.49. The Kier molecular flexibility index (Phi) is 3.68. The van der Waals surface area contributed by atoms with Gasteiger partial charge in [-0.25, -0.2) is 9.79 Å². The number of hydrogen-bond acceptors (Lipinski definition) is 7. The lowest BCUT2D eigenvalue weighted by Crippen LogP contribution is -2.64. The number of carbonyl (C=O) groups excluding carboxylic acids is 2. The molecule has 0 spiro atoms. The molecule has 2 atom stereocenters. The fourth-order valence-electron chi connectivity index (χ4n) is 2.88. The second kappa shape index (κ2) is 5.49. The fourth-order valence-corrected chi connectivity index (χ4v) is 2.88. The molecule has 116 valence electrons. The minimum Gasteiger partial charge on any atom is -0.395 e. The Labute approximate surface area is 122 Å². The number of β-amino-alcohol motifs (C(OH)–C–C–N with tert-alkyl or cyclic N) is 1. The molecule has 0 aromatic heterocycles. The Balaban J connectivity index is 1.90. The molecule has 2 fully saturated rings. The van der Waals surface area contributed by atoms with Crippen LogP contribution >= 0.6 is 0 Å². The maximum Gasteiger partial charge on any atom is 0.325 e. The van der Waals surface area contributed by atoms with E-state index in [2.05, 4.69) is 10.3 Å². The van der Waals surface area contributed by atoms with Gasteiger partial charge < -0.3 is 24.5 Å². The summed E-state index contributed by atoms with van der Waals surface area (Å²) in [6.07, 6.45) is -0.546. The molecule has 0 saturated carbocycles. The molecule has 2 unspecified atom stereocenters. The van der Waals surface area contributed by atoms with E-state index in [0.717, 1.165) is 0 Å². The van der Waals surface area contributed by atoms with Gasteiger partial charge in [0.05, 0.1) is 19.8 Å². The Morgan fingerprint density at radius 2 is 2.10 bits per heavy atom. The van der Waals surface area contributed by atoms with Gasteiger partial charge in [0.25, 0.3) is 5.91 Å². The fraction of sp³-hybridized carbons (Fsp3) is 0.750. The molecule has 2 saturated heterocycles. The number of carbonyl (C=O) groups is 2. The zero-order valence-electron chi connectivity index (χ0n) is 11.9. The summed E-state index contributed by atoms with van der Waals surface area (Å²) in [5.74, 6) is 0.280. The molecule has 0 radical (unpaired) electrons. The average molecular weight is 297 g/mol. The van der Waals surface area contributed by atoms with Gasteiger partial charge in [-0.2, -0.15) is 0 Å². The van der Waals surface area contributed by atoms with E-state index in [-0.39, 0.29) is 12.5 Å². The van der Waals surface area contributed by atoms with Crippen molar-refractivity contribution >= 4 is 17.9 Å². The van der Waals surface area contributed by atoms with Gasteiger partial charge in [0.15, 0.2) is 18.2 Å². The second-order valence-corrected chi connectivity index (χ2v) is 5.21. The third-order valence-electron chi connectivity index (χ3n) is 3.97. The van der Waals surface area contributed by atoms with Crippen LogP contribution in [0.25, 0.3) is 0 Å². The van der Waals surface area contributed by atoms with Crippen LogP contribution in [0.5, 0.6) is 0 Å². The van der Waals surface area contributed by atoms with Crippen LogP contribution in [-0.4, -0.2) is 96.4 Å². The van der Waals surface area contributed by atoms with Crippen molar-refractivity contribution in [3.8, 4) is 0 Å². The van der Waals surface area contributed by atoms with Crippen molar-refractivity contribution in [1.82, 2.24) is 20.0 Å². The molecule has 0 bridgehead atoms. The summed E-state index contributed by atoms with van der Waals surface area (Å²) in [5, 5.41) is 11.6. The van der Waals surface area contributed by atoms with Gasteiger partial charge in [-0.05, 0) is 0 Å². The van der Waals surface area contributed by atoms with Gasteiger partial charge in [-0.3, -0.25) is 10.1 Å². The number of ether oxygens (including phenoxy) is 1. The predicted molar refractivity (Wildman–Crippen MR) is 72.5 cm³/mol. The number of aliphatic hydroxyl groups is 1. The zero-order chi connectivity index (χ0) is 15.0. The molecule has 3 amide bonds. The maximum atomic E-state index is 12.1. The van der Waals surface area contributed by atoms with E-state index in [0.29, 0.717) is 38.8 Å². The highest BCUT2D eigenvalue weighted by Crippen LogP contribution is 2.25. The predicted octanol–water partition coefficient (Wildman–Crippen LogP) is -2.14. The Bertz CT molecular complexity index is 476. The first-order chi connectivity index (χ1) is 10.1. The molecule has 3 aliphatic heterocycles. The van der Waals surface area contributed by atoms with Crippen molar-refractivity contribution < 1.29 is 19.4 Å². The van der Waals surface area contributed by atoms with Crippen molar-refractivity contribution in [2.45, 2.75) is 12.2 Å². The van der Waals surface area contributed by atoms with Gasteiger partial charge in [-0.15, -0.1) is 0 Å². The standard InChI is InChI=1S/C12H19N5O4/c1-15-9-8(10(19)14-12(15)20)17(2-5-18)11(13-9)16-3-6-21-7-4-16/h8-9,18H,2-7H2,1H3,(H,14,19,20). The van der Waals surface area contributed by atoms with Crippen LogP contribution in [0.4, 0.5) is 4.79 Å². The summed E-state index contributed by atoms with van der Waals surface area (Å²) in [6, 6.07) is -1.03. The first kappa shape index (κ1) is 14.1. The molecule has 3 aliphatic rings. The number of imide groups is 1. The Morgan fingerprint density at radius 1 is 1.38 bits per heavy atom. The molecule has 0 aliphatic carbocycles. The van der Waals surface area contributed by atoms with Crippen molar-refractivity contribution in [1.29, 1.82) is 0 Å². The van der Waals surface area contributed by atoms with E-state index in [1.807, 2.05) is 4.90 Å². The molecule has 3 rings (SSSR count). The van der Waals surface area contributed by atoms with Crippen LogP contribution in [0.3, 0.4) is 0 Å². The number of nitrogens with zero attached hydrogens (tertiary/aromatic N) is 4. The number of likely N-dealkylation sites (N-methyl/N-ethyl adjacent to an activating group) is 1. The summed E-state index contributed by atoms with van der Waals surface area (Å²) < 4.78 is 5.32. The third-order valence-corrected chi connectivity index (χ3v) is 3.97. The summed E-state index contributed by atoms with van der Waals surface area (Å²) in [7, 11) is 1.61. The van der Waals surface area contributed by atoms with E-state index in [1.54, 1.807) is 11.9 Å². The number of nitrogens with one attached hydrogen (secondary N) is 1. The van der Waals surface area contributed by atoms with Gasteiger partial charge >= 0.3 is 6.03 Å². The van der Waals surface area contributed by atoms with Crippen molar-refractivity contribution in [3.05, 3.63) is 0 Å². The largest absolute Gasteiger partial charge is 0.395 e. The maximum absolute atomic E-state index is 12.1. The zero-order valence-corrected chi connectivity index (χ0v) is 11.9. The van der Waals surface area contributed by atoms with Gasteiger partial charge in [-0.1, -0.05) is 0 Å². The summed E-state index contributed by atoms with van der Waals surface area (Å²) in [6.45, 7) is 2.77. The first-order valence-electron chi connectivity index (χ1n) is 6.99. The van der Waals surface area contributed by atoms with Crippen LogP contribution in [-0.2, 0) is 9.53 Å². The van der Waals surface area contributed by atoms with Crippen molar-refractivity contribution in [3.63, 3.8) is 0 Å². The number of hydrogen-bond donors (Lipinski definition) is 2. The number of guanidine groups is 1. The molecule has 0 aromatic rings. The number of urea groups is 1. The van der Waals surface area contributed by atoms with Crippen LogP contribution in [0.15, 0.2) is 4.99 Å². The molecule has 3 heterocycles. The van der Waals surface area contributed by atoms with Crippen LogP contribution in [0.1, 0.15) is 0 Å². The second-order valence-electron chi connectivity index (χ2n) is 5.21. The van der Waals surface area contributed by atoms with E-state index < -0.39 is 18.2 Å². The number of amides is 3. The lowest BCUT2D eigenvalue weighted by atomic mass is 10.1. The number of fused-ring (bicyclic) bond motifs is 1. The molecule has 9 nitrogen and oxygen atoms in total. The molecular weight excluding hydrogens is 278 g/mol. The number of aliphatic hydroxyl groups excluding tert-OH is 1. The highest BCUT2D eigenvalue weighted by molar-refractivity contribution is 6.03. The molecule has 9 heteroatoms. The summed E-state index contributed by atoms with van der Waals surface area (Å²) in [5.41, 5.74) is 0. The Morgan fingerprint density at radius 3 is 2.76 bits per heavy atom. The Hall–Kier alpha value is -1.87. The van der Waals surface area contributed by atoms with Crippen molar-refractivity contribution in [2.75, 3.05) is 46.5 Å². The lowest BCUT2D eigenvalue weighted by molar-refractivity contribution is -0.127. The topological polar surface area (TPSA) is 97.7 Å². The van der Waals surface area contributed by atoms with Gasteiger partial charge in [0.2, 0.25) is 0 Å². The first-order valence-corrected chi connectivity index (χ1v) is 6.99. The quantitative estimate of drug-likeness (QED) is 0.603. The SMILES string of the molecule is CN1C(=O)NC(=O)C2C1N=C(N1CCOCC1)N2CCO. The molecular formula is C12H19N5O4. The van der Waals surface area contributed by atoms with E-state index in [1.165, 1.54) is 4.90 Å². The summed E-state index contributed by atoms with van der Waals surface area (Å²) in [4.78, 5) is 33.6. The smallest absolute Gasteiger partial charge is 0.325 e. The van der Waals surface area contributed by atoms with Crippen molar-refractivity contribution in [2.24, 2.45) is 4.99 Å². The van der Waals surface area contributed by atoms with Crippen LogP contribution < -0.4 is 5.32 Å². The van der Waals surface area contributed by atoms with Crippen LogP contribution in [0.2, 0.25) is 0 Å². The normalized spacial score (nSPS) is 29.4. The van der Waals surface area contributed by atoms with E-state index >= 15 is 0 Å². The molecule has 21 heavy (non-hydrogen) atoms. The number of rotatable bonds is 2. The van der Waals surface area contributed by atoms with E-state index in [9.17, 15) is 14.7 Å².